The Kier molecular flexibility index (Phi) is 5.49. The summed E-state index contributed by atoms with van der Waals surface area (Å²) in [5.41, 5.74) is 0.719. The molecule has 0 bridgehead atoms. The molecule has 0 spiro atoms. The second kappa shape index (κ2) is 6.91. The summed E-state index contributed by atoms with van der Waals surface area (Å²) in [6, 6.07) is 6.53. The Morgan fingerprint density at radius 2 is 2.24 bits per heavy atom. The monoisotopic (exact) mass is 237 g/mol. The third-order valence-corrected chi connectivity index (χ3v) is 2.35. The fourth-order valence-corrected chi connectivity index (χ4v) is 1.59. The van der Waals surface area contributed by atoms with Crippen LogP contribution in [0.4, 0.5) is 0 Å². The van der Waals surface area contributed by atoms with Crippen molar-refractivity contribution in [1.82, 2.24) is 5.32 Å². The minimum Gasteiger partial charge on any atom is -0.494 e. The summed E-state index contributed by atoms with van der Waals surface area (Å²) in [5, 5.41) is 12.2. The number of ether oxygens (including phenoxy) is 1. The number of carbonyl (C=O) groups is 1. The predicted octanol–water partition coefficient (Wildman–Crippen LogP) is 2.21. The minimum atomic E-state index is -0.868. The lowest BCUT2D eigenvalue weighted by molar-refractivity contribution is -0.139. The highest BCUT2D eigenvalue weighted by atomic mass is 16.5. The van der Waals surface area contributed by atoms with Gasteiger partial charge in [0.05, 0.1) is 6.61 Å². The van der Waals surface area contributed by atoms with Crippen LogP contribution in [0, 0.1) is 0 Å². The van der Waals surface area contributed by atoms with Gasteiger partial charge in [-0.15, -0.1) is 0 Å². The molecule has 0 saturated heterocycles. The fourth-order valence-electron chi connectivity index (χ4n) is 1.59. The van der Waals surface area contributed by atoms with Gasteiger partial charge < -0.3 is 15.2 Å². The first kappa shape index (κ1) is 13.5. The third kappa shape index (κ3) is 4.07. The topological polar surface area (TPSA) is 58.6 Å². The van der Waals surface area contributed by atoms with E-state index < -0.39 is 12.0 Å². The van der Waals surface area contributed by atoms with Gasteiger partial charge in [-0.25, -0.2) is 0 Å². The molecule has 2 N–H and O–H groups in total. The van der Waals surface area contributed by atoms with E-state index in [9.17, 15) is 9.90 Å². The van der Waals surface area contributed by atoms with Gasteiger partial charge in [0.2, 0.25) is 0 Å². The Labute approximate surface area is 102 Å². The standard InChI is InChI=1S/C13H19NO3/c1-3-8-14-12(13(15)16)10-6-5-7-11(9-10)17-4-2/h5-7,9,12,14H,3-4,8H2,1-2H3,(H,15,16). The van der Waals surface area contributed by atoms with Crippen LogP contribution in [0.1, 0.15) is 31.9 Å². The molecule has 1 rings (SSSR count). The largest absolute Gasteiger partial charge is 0.494 e. The molecule has 4 nitrogen and oxygen atoms in total. The van der Waals surface area contributed by atoms with Crippen LogP contribution in [-0.2, 0) is 4.79 Å². The molecule has 4 heteroatoms. The maximum absolute atomic E-state index is 11.2. The molecule has 0 aromatic heterocycles. The van der Waals surface area contributed by atoms with E-state index in [1.165, 1.54) is 0 Å². The summed E-state index contributed by atoms with van der Waals surface area (Å²) in [7, 11) is 0. The van der Waals surface area contributed by atoms with E-state index >= 15 is 0 Å². The zero-order valence-corrected chi connectivity index (χ0v) is 10.3. The number of aliphatic carboxylic acids is 1. The van der Waals surface area contributed by atoms with Gasteiger partial charge in [-0.2, -0.15) is 0 Å². The van der Waals surface area contributed by atoms with Gasteiger partial charge in [-0.05, 0) is 37.6 Å². The summed E-state index contributed by atoms with van der Waals surface area (Å²) in [6.45, 7) is 5.15. The molecule has 17 heavy (non-hydrogen) atoms. The van der Waals surface area contributed by atoms with Crippen LogP contribution in [0.2, 0.25) is 0 Å². The van der Waals surface area contributed by atoms with Crippen molar-refractivity contribution in [3.8, 4) is 5.75 Å². The van der Waals surface area contributed by atoms with Crippen molar-refractivity contribution in [3.05, 3.63) is 29.8 Å². The molecule has 0 saturated carbocycles. The molecule has 94 valence electrons. The second-order valence-electron chi connectivity index (χ2n) is 3.73. The number of carboxylic acids is 1. The summed E-state index contributed by atoms with van der Waals surface area (Å²) in [6.07, 6.45) is 0.898. The lowest BCUT2D eigenvalue weighted by Gasteiger charge is -2.15. The number of nitrogens with one attached hydrogen (secondary N) is 1. The first-order chi connectivity index (χ1) is 8.19. The van der Waals surface area contributed by atoms with Gasteiger partial charge in [0.15, 0.2) is 0 Å². The normalized spacial score (nSPS) is 12.1. The molecule has 0 radical (unpaired) electrons. The SMILES string of the molecule is CCCNC(C(=O)O)c1cccc(OCC)c1. The molecule has 0 amide bonds. The Hall–Kier alpha value is -1.55. The third-order valence-electron chi connectivity index (χ3n) is 2.35. The summed E-state index contributed by atoms with van der Waals surface area (Å²) in [5.74, 6) is -0.165. The Morgan fingerprint density at radius 3 is 2.82 bits per heavy atom. The van der Waals surface area contributed by atoms with Crippen molar-refractivity contribution < 1.29 is 14.6 Å². The minimum absolute atomic E-state index is 0.573. The van der Waals surface area contributed by atoms with Crippen molar-refractivity contribution in [2.75, 3.05) is 13.2 Å². The quantitative estimate of drug-likeness (QED) is 0.763. The lowest BCUT2D eigenvalue weighted by Crippen LogP contribution is -2.29. The molecule has 1 aromatic carbocycles. The average Bonchev–Trinajstić information content (AvgIpc) is 2.30. The molecule has 0 aliphatic carbocycles. The summed E-state index contributed by atoms with van der Waals surface area (Å²) < 4.78 is 5.36. The van der Waals surface area contributed by atoms with Gasteiger partial charge in [0.1, 0.15) is 11.8 Å². The van der Waals surface area contributed by atoms with E-state index in [0.717, 1.165) is 12.0 Å². The zero-order chi connectivity index (χ0) is 12.7. The fraction of sp³-hybridized carbons (Fsp3) is 0.462. The summed E-state index contributed by atoms with van der Waals surface area (Å²) in [4.78, 5) is 11.2. The highest BCUT2D eigenvalue weighted by molar-refractivity contribution is 5.75. The van der Waals surface area contributed by atoms with Gasteiger partial charge in [-0.3, -0.25) is 4.79 Å². The number of benzene rings is 1. The molecule has 0 aliphatic rings. The first-order valence-electron chi connectivity index (χ1n) is 5.88. The average molecular weight is 237 g/mol. The molecule has 0 heterocycles. The van der Waals surface area contributed by atoms with Crippen molar-refractivity contribution in [2.45, 2.75) is 26.3 Å². The maximum atomic E-state index is 11.2. The maximum Gasteiger partial charge on any atom is 0.325 e. The number of carboxylic acid groups (broad SMARTS) is 1. The van der Waals surface area contributed by atoms with Crippen LogP contribution in [0.3, 0.4) is 0 Å². The smallest absolute Gasteiger partial charge is 0.325 e. The van der Waals surface area contributed by atoms with Gasteiger partial charge in [-0.1, -0.05) is 19.1 Å². The molecular weight excluding hydrogens is 218 g/mol. The molecule has 0 aliphatic heterocycles. The van der Waals surface area contributed by atoms with Crippen LogP contribution in [-0.4, -0.2) is 24.2 Å². The number of hydrogen-bond donors (Lipinski definition) is 2. The van der Waals surface area contributed by atoms with Crippen molar-refractivity contribution in [1.29, 1.82) is 0 Å². The first-order valence-corrected chi connectivity index (χ1v) is 5.88. The van der Waals surface area contributed by atoms with Gasteiger partial charge >= 0.3 is 5.97 Å². The van der Waals surface area contributed by atoms with Crippen LogP contribution in [0.25, 0.3) is 0 Å². The van der Waals surface area contributed by atoms with Crippen LogP contribution in [0.5, 0.6) is 5.75 Å². The second-order valence-corrected chi connectivity index (χ2v) is 3.73. The van der Waals surface area contributed by atoms with E-state index in [4.69, 9.17) is 4.74 Å². The van der Waals surface area contributed by atoms with E-state index in [-0.39, 0.29) is 0 Å². The van der Waals surface area contributed by atoms with Crippen LogP contribution >= 0.6 is 0 Å². The Balaban J connectivity index is 2.85. The Morgan fingerprint density at radius 1 is 1.47 bits per heavy atom. The van der Waals surface area contributed by atoms with Crippen molar-refractivity contribution >= 4 is 5.97 Å². The van der Waals surface area contributed by atoms with Crippen molar-refractivity contribution in [3.63, 3.8) is 0 Å². The van der Waals surface area contributed by atoms with Gasteiger partial charge in [0.25, 0.3) is 0 Å². The van der Waals surface area contributed by atoms with Crippen LogP contribution < -0.4 is 10.1 Å². The highest BCUT2D eigenvalue weighted by Crippen LogP contribution is 2.19. The highest BCUT2D eigenvalue weighted by Gasteiger charge is 2.18. The number of rotatable bonds is 7. The lowest BCUT2D eigenvalue weighted by atomic mass is 10.1. The molecule has 1 aromatic rings. The van der Waals surface area contributed by atoms with Gasteiger partial charge in [0, 0.05) is 0 Å². The van der Waals surface area contributed by atoms with E-state index in [1.54, 1.807) is 12.1 Å². The molecule has 1 unspecified atom stereocenters. The Bertz CT molecular complexity index is 365. The van der Waals surface area contributed by atoms with Crippen molar-refractivity contribution in [2.24, 2.45) is 0 Å². The van der Waals surface area contributed by atoms with E-state index in [0.29, 0.717) is 18.9 Å². The molecular formula is C13H19NO3. The predicted molar refractivity (Wildman–Crippen MR) is 66.3 cm³/mol. The van der Waals surface area contributed by atoms with E-state index in [2.05, 4.69) is 5.32 Å². The molecule has 0 fully saturated rings. The zero-order valence-electron chi connectivity index (χ0n) is 10.3. The summed E-state index contributed by atoms with van der Waals surface area (Å²) >= 11 is 0. The van der Waals surface area contributed by atoms with E-state index in [1.807, 2.05) is 26.0 Å². The number of hydrogen-bond acceptors (Lipinski definition) is 3. The molecule has 1 atom stereocenters. The van der Waals surface area contributed by atoms with Crippen LogP contribution in [0.15, 0.2) is 24.3 Å².